The molecular weight excluding hydrogens is 641 g/mol. The monoisotopic (exact) mass is 673 g/mol. The van der Waals surface area contributed by atoms with Crippen molar-refractivity contribution in [3.05, 3.63) is 51.5 Å². The van der Waals surface area contributed by atoms with E-state index in [1.807, 2.05) is 0 Å². The highest BCUT2D eigenvalue weighted by molar-refractivity contribution is 7.99. The lowest BCUT2D eigenvalue weighted by molar-refractivity contribution is -0.137. The summed E-state index contributed by atoms with van der Waals surface area (Å²) in [6.45, 7) is 9.29. The Bertz CT molecular complexity index is 1570. The quantitative estimate of drug-likeness (QED) is 0.250. The molecular formula is C31H33ClF5N3O4S. The van der Waals surface area contributed by atoms with Gasteiger partial charge in [-0.1, -0.05) is 11.6 Å². The number of piperazine rings is 1. The standard InChI is InChI=1S/C31H33ClF5N3O4S/c1-14-10-39(11-15(2)40(14)29(42)44-30(3,4)5)27-18-7-19(31(35,36)37)24(17-8-20(32)22(34)9-21(17)33)26-25(18)23(28(41)38-27)16(12-43-6)13-45-26/h7-9,14-16,23H,10-13H2,1-6H3/t14-,15+,16-,23?/m0/s1. The molecule has 45 heavy (non-hydrogen) atoms. The molecule has 14 heteroatoms. The molecule has 1 fully saturated rings. The van der Waals surface area contributed by atoms with Crippen LogP contribution in [-0.4, -0.2) is 77.9 Å². The zero-order chi connectivity index (χ0) is 33.2. The summed E-state index contributed by atoms with van der Waals surface area (Å²) in [5, 5.41) is -0.539. The summed E-state index contributed by atoms with van der Waals surface area (Å²) in [5.74, 6) is -4.00. The Kier molecular flexibility index (Phi) is 8.95. The van der Waals surface area contributed by atoms with Crippen molar-refractivity contribution in [3.63, 3.8) is 0 Å². The van der Waals surface area contributed by atoms with E-state index in [2.05, 4.69) is 4.99 Å². The van der Waals surface area contributed by atoms with E-state index >= 15 is 4.39 Å². The van der Waals surface area contributed by atoms with Crippen LogP contribution in [0.5, 0.6) is 0 Å². The molecule has 244 valence electrons. The fraction of sp³-hybridized carbons (Fsp3) is 0.516. The zero-order valence-electron chi connectivity index (χ0n) is 25.5. The first-order chi connectivity index (χ1) is 20.9. The highest BCUT2D eigenvalue weighted by atomic mass is 35.5. The van der Waals surface area contributed by atoms with Gasteiger partial charge in [-0.25, -0.2) is 13.6 Å². The van der Waals surface area contributed by atoms with Gasteiger partial charge in [-0.05, 0) is 52.3 Å². The number of aliphatic imine (C=N–C) groups is 1. The largest absolute Gasteiger partial charge is 0.444 e. The Hall–Kier alpha value is -2.90. The Morgan fingerprint density at radius 3 is 2.29 bits per heavy atom. The minimum atomic E-state index is -4.96. The van der Waals surface area contributed by atoms with Crippen LogP contribution in [0.15, 0.2) is 28.1 Å². The molecule has 1 unspecified atom stereocenters. The predicted octanol–water partition coefficient (Wildman–Crippen LogP) is 7.37. The second-order valence-electron chi connectivity index (χ2n) is 12.6. The van der Waals surface area contributed by atoms with E-state index in [0.29, 0.717) is 11.6 Å². The van der Waals surface area contributed by atoms with Crippen LogP contribution in [0.4, 0.5) is 26.7 Å². The van der Waals surface area contributed by atoms with Gasteiger partial charge in [0.2, 0.25) is 0 Å². The Morgan fingerprint density at radius 1 is 1.07 bits per heavy atom. The molecule has 0 aliphatic carbocycles. The van der Waals surface area contributed by atoms with Crippen LogP contribution in [0.1, 0.15) is 57.2 Å². The Balaban J connectivity index is 1.69. The minimum Gasteiger partial charge on any atom is -0.444 e. The molecule has 2 aromatic carbocycles. The van der Waals surface area contributed by atoms with E-state index in [4.69, 9.17) is 21.1 Å². The molecule has 7 nitrogen and oxygen atoms in total. The van der Waals surface area contributed by atoms with Crippen LogP contribution < -0.4 is 0 Å². The molecule has 0 bridgehead atoms. The lowest BCUT2D eigenvalue weighted by atomic mass is 9.78. The zero-order valence-corrected chi connectivity index (χ0v) is 27.1. The normalized spacial score (nSPS) is 23.6. The van der Waals surface area contributed by atoms with Crippen LogP contribution in [0.25, 0.3) is 11.1 Å². The summed E-state index contributed by atoms with van der Waals surface area (Å²) in [4.78, 5) is 34.5. The summed E-state index contributed by atoms with van der Waals surface area (Å²) in [6, 6.07) is 1.31. The second-order valence-corrected chi connectivity index (χ2v) is 14.0. The van der Waals surface area contributed by atoms with Gasteiger partial charge in [0.25, 0.3) is 5.91 Å². The number of methoxy groups -OCH3 is 1. The van der Waals surface area contributed by atoms with E-state index in [1.165, 1.54) is 7.11 Å². The number of thioether (sulfide) groups is 1. The number of alkyl halides is 3. The molecule has 0 aromatic heterocycles. The van der Waals surface area contributed by atoms with Gasteiger partial charge in [0.05, 0.1) is 35.2 Å². The number of hydrogen-bond acceptors (Lipinski definition) is 6. The van der Waals surface area contributed by atoms with E-state index in [0.717, 1.165) is 23.9 Å². The van der Waals surface area contributed by atoms with Crippen LogP contribution in [0.2, 0.25) is 5.02 Å². The second kappa shape index (κ2) is 12.0. The lowest BCUT2D eigenvalue weighted by Gasteiger charge is -2.47. The van der Waals surface area contributed by atoms with Gasteiger partial charge in [0, 0.05) is 59.5 Å². The summed E-state index contributed by atoms with van der Waals surface area (Å²) < 4.78 is 84.8. The van der Waals surface area contributed by atoms with Crippen molar-refractivity contribution in [2.45, 2.75) is 69.3 Å². The first kappa shape index (κ1) is 33.5. The molecule has 5 rings (SSSR count). The van der Waals surface area contributed by atoms with E-state index in [9.17, 15) is 27.2 Å². The van der Waals surface area contributed by atoms with E-state index in [1.54, 1.807) is 44.4 Å². The number of carbonyl (C=O) groups is 2. The molecule has 0 radical (unpaired) electrons. The molecule has 0 saturated carbocycles. The van der Waals surface area contributed by atoms with Crippen molar-refractivity contribution >= 4 is 41.2 Å². The van der Waals surface area contributed by atoms with Crippen molar-refractivity contribution in [2.75, 3.05) is 32.6 Å². The number of benzene rings is 2. The van der Waals surface area contributed by atoms with E-state index in [-0.39, 0.29) is 41.7 Å². The lowest BCUT2D eigenvalue weighted by Crippen LogP contribution is -2.61. The summed E-state index contributed by atoms with van der Waals surface area (Å²) in [7, 11) is 1.46. The molecule has 1 saturated heterocycles. The molecule has 4 atom stereocenters. The van der Waals surface area contributed by atoms with Gasteiger partial charge in [-0.15, -0.1) is 11.8 Å². The van der Waals surface area contributed by atoms with Gasteiger partial charge in [0.1, 0.15) is 23.1 Å². The first-order valence-corrected chi connectivity index (χ1v) is 15.7. The fourth-order valence-electron chi connectivity index (χ4n) is 6.37. The molecule has 2 amide bonds. The minimum absolute atomic E-state index is 0.0448. The van der Waals surface area contributed by atoms with Gasteiger partial charge < -0.3 is 14.4 Å². The number of hydrogen-bond donors (Lipinski definition) is 0. The Labute approximate surface area is 267 Å². The summed E-state index contributed by atoms with van der Waals surface area (Å²) in [5.41, 5.74) is -2.53. The molecule has 3 aliphatic heterocycles. The van der Waals surface area contributed by atoms with Gasteiger partial charge >= 0.3 is 12.3 Å². The summed E-state index contributed by atoms with van der Waals surface area (Å²) >= 11 is 6.99. The van der Waals surface area contributed by atoms with Crippen molar-refractivity contribution in [1.82, 2.24) is 9.80 Å². The van der Waals surface area contributed by atoms with Crippen molar-refractivity contribution in [2.24, 2.45) is 10.9 Å². The topological polar surface area (TPSA) is 71.4 Å². The highest BCUT2D eigenvalue weighted by Gasteiger charge is 2.48. The van der Waals surface area contributed by atoms with Crippen molar-refractivity contribution in [3.8, 4) is 11.1 Å². The summed E-state index contributed by atoms with van der Waals surface area (Å²) in [6.07, 6.45) is -5.49. The molecule has 0 spiro atoms. The maximum absolute atomic E-state index is 15.2. The Morgan fingerprint density at radius 2 is 1.71 bits per heavy atom. The van der Waals surface area contributed by atoms with Crippen LogP contribution in [0.3, 0.4) is 0 Å². The smallest absolute Gasteiger partial charge is 0.417 e. The molecule has 2 aromatic rings. The number of rotatable bonds is 3. The number of nitrogens with zero attached hydrogens (tertiary/aromatic N) is 3. The van der Waals surface area contributed by atoms with Crippen LogP contribution in [0, 0.1) is 17.6 Å². The third-order valence-corrected chi connectivity index (χ3v) is 9.65. The number of halogens is 6. The van der Waals surface area contributed by atoms with Gasteiger partial charge in [-0.3, -0.25) is 9.69 Å². The average Bonchev–Trinajstić information content (AvgIpc) is 2.91. The highest BCUT2D eigenvalue weighted by Crippen LogP contribution is 2.54. The molecule has 0 N–H and O–H groups in total. The van der Waals surface area contributed by atoms with Crippen LogP contribution >= 0.6 is 23.4 Å². The van der Waals surface area contributed by atoms with Gasteiger partial charge in [0.15, 0.2) is 0 Å². The first-order valence-electron chi connectivity index (χ1n) is 14.4. The SMILES string of the molecule is COC[C@H]1CSc2c(-c3cc(Cl)c(F)cc3F)c(C(F)(F)F)cc3c2C1C(=O)N=C3N1C[C@@H](C)N(C(=O)OC(C)(C)C)[C@@H](C)C1. The number of amides is 2. The number of ether oxygens (including phenoxy) is 2. The van der Waals surface area contributed by atoms with Crippen molar-refractivity contribution < 1.29 is 41.0 Å². The third kappa shape index (κ3) is 6.27. The van der Waals surface area contributed by atoms with Crippen molar-refractivity contribution in [1.29, 1.82) is 0 Å². The molecule has 3 aliphatic rings. The average molecular weight is 674 g/mol. The predicted molar refractivity (Wildman–Crippen MR) is 161 cm³/mol. The van der Waals surface area contributed by atoms with Gasteiger partial charge in [-0.2, -0.15) is 18.2 Å². The van der Waals surface area contributed by atoms with E-state index < -0.39 is 81.0 Å². The van der Waals surface area contributed by atoms with Crippen LogP contribution in [-0.2, 0) is 20.4 Å². The fourth-order valence-corrected chi connectivity index (χ4v) is 7.96. The number of carbonyl (C=O) groups excluding carboxylic acids is 2. The third-order valence-electron chi connectivity index (χ3n) is 8.06. The maximum Gasteiger partial charge on any atom is 0.417 e. The maximum atomic E-state index is 15.2. The molecule has 3 heterocycles. The number of amidine groups is 1.